The molecular formula is C16H21NO4. The van der Waals surface area contributed by atoms with Gasteiger partial charge in [0.1, 0.15) is 6.61 Å². The molecule has 1 saturated heterocycles. The lowest BCUT2D eigenvalue weighted by atomic mass is 9.90. The van der Waals surface area contributed by atoms with E-state index in [1.165, 1.54) is 0 Å². The van der Waals surface area contributed by atoms with Crippen molar-refractivity contribution in [1.29, 1.82) is 0 Å². The van der Waals surface area contributed by atoms with Crippen molar-refractivity contribution in [3.8, 4) is 0 Å². The zero-order valence-corrected chi connectivity index (χ0v) is 12.6. The van der Waals surface area contributed by atoms with Crippen LogP contribution in [0.2, 0.25) is 0 Å². The van der Waals surface area contributed by atoms with Crippen LogP contribution in [0, 0.1) is 13.8 Å². The Morgan fingerprint density at radius 2 is 2.00 bits per heavy atom. The molecule has 2 unspecified atom stereocenters. The van der Waals surface area contributed by atoms with E-state index in [1.54, 1.807) is 4.90 Å². The Bertz CT molecular complexity index is 535. The Morgan fingerprint density at radius 1 is 1.38 bits per heavy atom. The van der Waals surface area contributed by atoms with Crippen molar-refractivity contribution in [2.75, 3.05) is 13.2 Å². The van der Waals surface area contributed by atoms with Crippen LogP contribution in [-0.2, 0) is 14.3 Å². The molecule has 0 aromatic heterocycles. The number of morpholine rings is 1. The summed E-state index contributed by atoms with van der Waals surface area (Å²) in [7, 11) is 0. The third-order valence-electron chi connectivity index (χ3n) is 3.88. The van der Waals surface area contributed by atoms with E-state index in [0.29, 0.717) is 6.54 Å². The fourth-order valence-corrected chi connectivity index (χ4v) is 2.97. The monoisotopic (exact) mass is 291 g/mol. The molecule has 1 fully saturated rings. The number of benzene rings is 1. The predicted molar refractivity (Wildman–Crippen MR) is 78.0 cm³/mol. The Hall–Kier alpha value is -1.88. The summed E-state index contributed by atoms with van der Waals surface area (Å²) in [5.74, 6) is -1.18. The largest absolute Gasteiger partial charge is 0.479 e. The van der Waals surface area contributed by atoms with Gasteiger partial charge in [-0.3, -0.25) is 4.79 Å². The van der Waals surface area contributed by atoms with Crippen LogP contribution >= 0.6 is 0 Å². The Morgan fingerprint density at radius 3 is 2.52 bits per heavy atom. The highest BCUT2D eigenvalue weighted by atomic mass is 16.5. The molecule has 5 nitrogen and oxygen atoms in total. The van der Waals surface area contributed by atoms with E-state index < -0.39 is 18.1 Å². The number of carbonyl (C=O) groups is 2. The minimum atomic E-state index is -1.03. The SMILES string of the molecule is CCCN1C(=O)COC(C(=O)O)C1c1c(C)cccc1C. The second-order valence-electron chi connectivity index (χ2n) is 5.41. The number of hydrogen-bond acceptors (Lipinski definition) is 3. The number of aryl methyl sites for hydroxylation is 2. The smallest absolute Gasteiger partial charge is 0.335 e. The van der Waals surface area contributed by atoms with Crippen molar-refractivity contribution in [3.05, 3.63) is 34.9 Å². The van der Waals surface area contributed by atoms with E-state index in [9.17, 15) is 14.7 Å². The standard InChI is InChI=1S/C16H21NO4/c1-4-8-17-12(18)9-21-15(16(19)20)14(17)13-10(2)6-5-7-11(13)3/h5-7,14-15H,4,8-9H2,1-3H3,(H,19,20). The predicted octanol–water partition coefficient (Wildman–Crippen LogP) is 2.07. The molecule has 1 aromatic carbocycles. The third-order valence-corrected chi connectivity index (χ3v) is 3.88. The Balaban J connectivity index is 2.54. The van der Waals surface area contributed by atoms with Gasteiger partial charge in [0.25, 0.3) is 0 Å². The number of aliphatic carboxylic acids is 1. The van der Waals surface area contributed by atoms with Gasteiger partial charge in [-0.05, 0) is 37.0 Å². The molecule has 21 heavy (non-hydrogen) atoms. The van der Waals surface area contributed by atoms with E-state index >= 15 is 0 Å². The van der Waals surface area contributed by atoms with Crippen molar-refractivity contribution in [2.45, 2.75) is 39.3 Å². The summed E-state index contributed by atoms with van der Waals surface area (Å²) < 4.78 is 5.31. The van der Waals surface area contributed by atoms with Crippen molar-refractivity contribution in [1.82, 2.24) is 4.90 Å². The molecule has 0 saturated carbocycles. The van der Waals surface area contributed by atoms with E-state index in [-0.39, 0.29) is 12.5 Å². The molecule has 1 aromatic rings. The number of carboxylic acid groups (broad SMARTS) is 1. The van der Waals surface area contributed by atoms with Gasteiger partial charge < -0.3 is 14.7 Å². The number of carboxylic acids is 1. The van der Waals surface area contributed by atoms with Gasteiger partial charge in [-0.15, -0.1) is 0 Å². The second-order valence-corrected chi connectivity index (χ2v) is 5.41. The normalized spacial score (nSPS) is 22.4. The molecule has 0 bridgehead atoms. The summed E-state index contributed by atoms with van der Waals surface area (Å²) in [6, 6.07) is 5.24. The average Bonchev–Trinajstić information content (AvgIpc) is 2.42. The van der Waals surface area contributed by atoms with Crippen LogP contribution in [0.15, 0.2) is 18.2 Å². The van der Waals surface area contributed by atoms with Crippen LogP contribution in [0.4, 0.5) is 0 Å². The third kappa shape index (κ3) is 2.93. The van der Waals surface area contributed by atoms with E-state index in [4.69, 9.17) is 4.74 Å². The fraction of sp³-hybridized carbons (Fsp3) is 0.500. The maximum atomic E-state index is 12.2. The highest BCUT2D eigenvalue weighted by Gasteiger charge is 2.42. The first-order valence-electron chi connectivity index (χ1n) is 7.17. The molecule has 0 aliphatic carbocycles. The maximum Gasteiger partial charge on any atom is 0.335 e. The topological polar surface area (TPSA) is 66.8 Å². The van der Waals surface area contributed by atoms with Gasteiger partial charge in [0, 0.05) is 6.54 Å². The van der Waals surface area contributed by atoms with Crippen molar-refractivity contribution >= 4 is 11.9 Å². The van der Waals surface area contributed by atoms with Crippen LogP contribution in [0.25, 0.3) is 0 Å². The fourth-order valence-electron chi connectivity index (χ4n) is 2.97. The molecule has 5 heteroatoms. The first kappa shape index (κ1) is 15.5. The highest BCUT2D eigenvalue weighted by molar-refractivity contribution is 5.83. The number of amides is 1. The summed E-state index contributed by atoms with van der Waals surface area (Å²) in [5, 5.41) is 9.46. The zero-order valence-electron chi connectivity index (χ0n) is 12.6. The average molecular weight is 291 g/mol. The Labute approximate surface area is 124 Å². The zero-order chi connectivity index (χ0) is 15.6. The van der Waals surface area contributed by atoms with Gasteiger partial charge in [-0.2, -0.15) is 0 Å². The number of ether oxygens (including phenoxy) is 1. The molecule has 0 radical (unpaired) electrons. The minimum absolute atomic E-state index is 0.151. The van der Waals surface area contributed by atoms with Gasteiger partial charge in [0.05, 0.1) is 6.04 Å². The highest BCUT2D eigenvalue weighted by Crippen LogP contribution is 2.34. The van der Waals surface area contributed by atoms with Gasteiger partial charge in [-0.25, -0.2) is 4.79 Å². The molecule has 1 N–H and O–H groups in total. The van der Waals surface area contributed by atoms with Crippen molar-refractivity contribution in [2.24, 2.45) is 0 Å². The number of nitrogens with zero attached hydrogens (tertiary/aromatic N) is 1. The number of rotatable bonds is 4. The van der Waals surface area contributed by atoms with Crippen LogP contribution in [-0.4, -0.2) is 41.1 Å². The quantitative estimate of drug-likeness (QED) is 0.922. The van der Waals surface area contributed by atoms with Crippen LogP contribution < -0.4 is 0 Å². The second kappa shape index (κ2) is 6.26. The molecule has 2 atom stereocenters. The van der Waals surface area contributed by atoms with Gasteiger partial charge >= 0.3 is 5.97 Å². The first-order valence-corrected chi connectivity index (χ1v) is 7.17. The van der Waals surface area contributed by atoms with Gasteiger partial charge in [0.2, 0.25) is 5.91 Å². The molecule has 0 spiro atoms. The molecule has 114 valence electrons. The molecular weight excluding hydrogens is 270 g/mol. The lowest BCUT2D eigenvalue weighted by Crippen LogP contribution is -2.52. The van der Waals surface area contributed by atoms with Crippen LogP contribution in [0.1, 0.15) is 36.1 Å². The molecule has 2 rings (SSSR count). The van der Waals surface area contributed by atoms with Crippen LogP contribution in [0.5, 0.6) is 0 Å². The van der Waals surface area contributed by atoms with E-state index in [0.717, 1.165) is 23.1 Å². The molecule has 1 heterocycles. The Kier molecular flexibility index (Phi) is 4.63. The van der Waals surface area contributed by atoms with E-state index in [2.05, 4.69) is 0 Å². The van der Waals surface area contributed by atoms with Crippen molar-refractivity contribution in [3.63, 3.8) is 0 Å². The summed E-state index contributed by atoms with van der Waals surface area (Å²) in [6.45, 7) is 6.21. The summed E-state index contributed by atoms with van der Waals surface area (Å²) in [5.41, 5.74) is 2.84. The molecule has 1 aliphatic rings. The molecule has 1 amide bonds. The summed E-state index contributed by atoms with van der Waals surface area (Å²) in [4.78, 5) is 25.4. The minimum Gasteiger partial charge on any atom is -0.479 e. The van der Waals surface area contributed by atoms with Crippen molar-refractivity contribution < 1.29 is 19.4 Å². The van der Waals surface area contributed by atoms with E-state index in [1.807, 2.05) is 39.0 Å². The van der Waals surface area contributed by atoms with Crippen LogP contribution in [0.3, 0.4) is 0 Å². The summed E-state index contributed by atoms with van der Waals surface area (Å²) in [6.07, 6.45) is -0.242. The lowest BCUT2D eigenvalue weighted by molar-refractivity contribution is -0.173. The first-order chi connectivity index (χ1) is 9.97. The van der Waals surface area contributed by atoms with Gasteiger partial charge in [-0.1, -0.05) is 25.1 Å². The summed E-state index contributed by atoms with van der Waals surface area (Å²) >= 11 is 0. The van der Waals surface area contributed by atoms with Gasteiger partial charge in [0.15, 0.2) is 6.10 Å². The molecule has 1 aliphatic heterocycles. The maximum absolute atomic E-state index is 12.2. The lowest BCUT2D eigenvalue weighted by Gasteiger charge is -2.40. The number of carbonyl (C=O) groups excluding carboxylic acids is 1. The number of hydrogen-bond donors (Lipinski definition) is 1.